The molecule has 0 fully saturated rings. The molecular weight excluding hydrogens is 360 g/mol. The van der Waals surface area contributed by atoms with Gasteiger partial charge in [-0.3, -0.25) is 4.79 Å². The van der Waals surface area contributed by atoms with Crippen molar-refractivity contribution in [1.29, 1.82) is 0 Å². The van der Waals surface area contributed by atoms with Crippen LogP contribution in [0.2, 0.25) is 0 Å². The highest BCUT2D eigenvalue weighted by Gasteiger charge is 2.16. The van der Waals surface area contributed by atoms with Gasteiger partial charge in [0.2, 0.25) is 0 Å². The van der Waals surface area contributed by atoms with Crippen LogP contribution < -0.4 is 14.9 Å². The van der Waals surface area contributed by atoms with Crippen molar-refractivity contribution in [3.8, 4) is 11.5 Å². The maximum Gasteiger partial charge on any atom is 0.281 e. The number of amides is 1. The summed E-state index contributed by atoms with van der Waals surface area (Å²) in [6, 6.07) is 7.61. The summed E-state index contributed by atoms with van der Waals surface area (Å²) < 4.78 is 11.2. The summed E-state index contributed by atoms with van der Waals surface area (Å²) in [5.41, 5.74) is 4.72. The number of nitrogens with zero attached hydrogens (tertiary/aromatic N) is 1. The number of para-hydroxylation sites is 1. The van der Waals surface area contributed by atoms with Crippen molar-refractivity contribution >= 4 is 23.5 Å². The standard InChI is InChI=1S/C21H26N2O3S/c1-14(2)26-20-16(9-7-10-17(20)25-3)13-22-23-21(24)19-12-15-8-5-4-6-11-18(15)27-19/h7,9-10,12-14H,4-6,8,11H2,1-3H3,(H,23,24)/b22-13-. The lowest BCUT2D eigenvalue weighted by atomic mass is 10.1. The number of nitrogens with one attached hydrogen (secondary N) is 1. The van der Waals surface area contributed by atoms with Gasteiger partial charge in [0.05, 0.1) is 24.3 Å². The lowest BCUT2D eigenvalue weighted by molar-refractivity contribution is 0.0959. The minimum Gasteiger partial charge on any atom is -0.493 e. The second kappa shape index (κ2) is 9.04. The van der Waals surface area contributed by atoms with Gasteiger partial charge < -0.3 is 9.47 Å². The molecule has 1 aromatic carbocycles. The molecule has 1 aliphatic rings. The number of aryl methyl sites for hydroxylation is 2. The summed E-state index contributed by atoms with van der Waals surface area (Å²) in [6.07, 6.45) is 7.44. The molecule has 1 aromatic heterocycles. The molecule has 2 aromatic rings. The summed E-state index contributed by atoms with van der Waals surface area (Å²) in [4.78, 5) is 14.5. The van der Waals surface area contributed by atoms with Crippen LogP contribution in [0, 0.1) is 0 Å². The summed E-state index contributed by atoms with van der Waals surface area (Å²) in [7, 11) is 1.60. The van der Waals surface area contributed by atoms with Gasteiger partial charge in [-0.1, -0.05) is 12.5 Å². The molecular formula is C21H26N2O3S. The number of benzene rings is 1. The normalized spacial score (nSPS) is 14.1. The van der Waals surface area contributed by atoms with E-state index in [0.29, 0.717) is 11.5 Å². The number of carbonyl (C=O) groups excluding carboxylic acids is 1. The highest BCUT2D eigenvalue weighted by Crippen LogP contribution is 2.31. The molecule has 27 heavy (non-hydrogen) atoms. The minimum absolute atomic E-state index is 0.00422. The zero-order chi connectivity index (χ0) is 19.2. The van der Waals surface area contributed by atoms with Crippen molar-refractivity contribution in [1.82, 2.24) is 5.43 Å². The first-order valence-electron chi connectivity index (χ1n) is 9.37. The molecule has 6 heteroatoms. The van der Waals surface area contributed by atoms with Gasteiger partial charge >= 0.3 is 0 Å². The van der Waals surface area contributed by atoms with Crippen molar-refractivity contribution in [3.05, 3.63) is 45.1 Å². The number of ether oxygens (including phenoxy) is 2. The predicted octanol–water partition coefficient (Wildman–Crippen LogP) is 4.58. The summed E-state index contributed by atoms with van der Waals surface area (Å²) >= 11 is 1.59. The molecule has 1 amide bonds. The van der Waals surface area contributed by atoms with Crippen LogP contribution in [0.25, 0.3) is 0 Å². The third kappa shape index (κ3) is 4.89. The van der Waals surface area contributed by atoms with Crippen molar-refractivity contribution in [2.24, 2.45) is 5.10 Å². The quantitative estimate of drug-likeness (QED) is 0.449. The Balaban J connectivity index is 1.71. The van der Waals surface area contributed by atoms with E-state index in [-0.39, 0.29) is 12.0 Å². The maximum absolute atomic E-state index is 12.5. The first-order chi connectivity index (χ1) is 13.1. The average Bonchev–Trinajstić information content (AvgIpc) is 2.93. The Morgan fingerprint density at radius 1 is 1.26 bits per heavy atom. The number of methoxy groups -OCH3 is 1. The molecule has 0 atom stereocenters. The molecule has 0 spiro atoms. The largest absolute Gasteiger partial charge is 0.493 e. The molecule has 0 bridgehead atoms. The molecule has 1 heterocycles. The van der Waals surface area contributed by atoms with Crippen molar-refractivity contribution < 1.29 is 14.3 Å². The first-order valence-corrected chi connectivity index (χ1v) is 10.2. The molecule has 3 rings (SSSR count). The number of hydrazone groups is 1. The van der Waals surface area contributed by atoms with Gasteiger partial charge in [-0.15, -0.1) is 11.3 Å². The minimum atomic E-state index is -0.168. The van der Waals surface area contributed by atoms with E-state index in [2.05, 4.69) is 10.5 Å². The van der Waals surface area contributed by atoms with Gasteiger partial charge in [-0.25, -0.2) is 5.43 Å². The second-order valence-electron chi connectivity index (χ2n) is 6.86. The SMILES string of the molecule is COc1cccc(/C=N\NC(=O)c2cc3c(s2)CCCCC3)c1OC(C)C. The molecule has 144 valence electrons. The monoisotopic (exact) mass is 386 g/mol. The smallest absolute Gasteiger partial charge is 0.281 e. The van der Waals surface area contributed by atoms with Crippen LogP contribution in [0.4, 0.5) is 0 Å². The fourth-order valence-electron chi connectivity index (χ4n) is 3.15. The van der Waals surface area contributed by atoms with Crippen LogP contribution in [0.15, 0.2) is 29.4 Å². The number of carbonyl (C=O) groups is 1. The van der Waals surface area contributed by atoms with E-state index in [1.165, 1.54) is 29.7 Å². The third-order valence-electron chi connectivity index (χ3n) is 4.42. The number of thiophene rings is 1. The van der Waals surface area contributed by atoms with Gasteiger partial charge in [0.25, 0.3) is 5.91 Å². The Bertz CT molecular complexity index is 803. The molecule has 0 aliphatic heterocycles. The molecule has 0 saturated heterocycles. The third-order valence-corrected chi connectivity index (χ3v) is 5.66. The lowest BCUT2D eigenvalue weighted by Gasteiger charge is -2.15. The summed E-state index contributed by atoms with van der Waals surface area (Å²) in [5.74, 6) is 1.09. The molecule has 0 saturated carbocycles. The molecule has 0 radical (unpaired) electrons. The van der Waals surface area contributed by atoms with E-state index < -0.39 is 0 Å². The first kappa shape index (κ1) is 19.4. The Morgan fingerprint density at radius 2 is 2.07 bits per heavy atom. The zero-order valence-electron chi connectivity index (χ0n) is 16.1. The molecule has 1 N–H and O–H groups in total. The van der Waals surface area contributed by atoms with Gasteiger partial charge in [0.1, 0.15) is 0 Å². The summed E-state index contributed by atoms with van der Waals surface area (Å²) in [5, 5.41) is 4.13. The van der Waals surface area contributed by atoms with Gasteiger partial charge in [0, 0.05) is 10.4 Å². The van der Waals surface area contributed by atoms with Crippen molar-refractivity contribution in [2.75, 3.05) is 7.11 Å². The van der Waals surface area contributed by atoms with Crippen molar-refractivity contribution in [2.45, 2.75) is 52.1 Å². The van der Waals surface area contributed by atoms with E-state index in [0.717, 1.165) is 23.3 Å². The van der Waals surface area contributed by atoms with Crippen LogP contribution in [0.3, 0.4) is 0 Å². The van der Waals surface area contributed by atoms with E-state index in [1.807, 2.05) is 38.1 Å². The number of hydrogen-bond acceptors (Lipinski definition) is 5. The molecule has 5 nitrogen and oxygen atoms in total. The highest BCUT2D eigenvalue weighted by molar-refractivity contribution is 7.14. The van der Waals surface area contributed by atoms with Crippen LogP contribution >= 0.6 is 11.3 Å². The van der Waals surface area contributed by atoms with Crippen LogP contribution in [-0.2, 0) is 12.8 Å². The Morgan fingerprint density at radius 3 is 2.85 bits per heavy atom. The van der Waals surface area contributed by atoms with Gasteiger partial charge in [-0.2, -0.15) is 5.10 Å². The van der Waals surface area contributed by atoms with E-state index in [4.69, 9.17) is 9.47 Å². The van der Waals surface area contributed by atoms with Gasteiger partial charge in [0.15, 0.2) is 11.5 Å². The topological polar surface area (TPSA) is 59.9 Å². The molecule has 1 aliphatic carbocycles. The Labute approximate surface area is 164 Å². The highest BCUT2D eigenvalue weighted by atomic mass is 32.1. The fourth-order valence-corrected chi connectivity index (χ4v) is 4.30. The Hall–Kier alpha value is -2.34. The number of fused-ring (bicyclic) bond motifs is 1. The van der Waals surface area contributed by atoms with Crippen LogP contribution in [-0.4, -0.2) is 25.3 Å². The number of hydrogen-bond donors (Lipinski definition) is 1. The number of rotatable bonds is 6. The molecule has 0 unspecified atom stereocenters. The summed E-state index contributed by atoms with van der Waals surface area (Å²) in [6.45, 7) is 3.91. The predicted molar refractivity (Wildman–Crippen MR) is 109 cm³/mol. The average molecular weight is 387 g/mol. The van der Waals surface area contributed by atoms with E-state index in [1.54, 1.807) is 24.7 Å². The van der Waals surface area contributed by atoms with Crippen LogP contribution in [0.1, 0.15) is 58.8 Å². The van der Waals surface area contributed by atoms with Crippen molar-refractivity contribution in [3.63, 3.8) is 0 Å². The lowest BCUT2D eigenvalue weighted by Crippen LogP contribution is -2.16. The maximum atomic E-state index is 12.5. The van der Waals surface area contributed by atoms with E-state index in [9.17, 15) is 4.79 Å². The van der Waals surface area contributed by atoms with E-state index >= 15 is 0 Å². The fraction of sp³-hybridized carbons (Fsp3) is 0.429. The second-order valence-corrected chi connectivity index (χ2v) is 8.00. The van der Waals surface area contributed by atoms with Crippen LogP contribution in [0.5, 0.6) is 11.5 Å². The van der Waals surface area contributed by atoms with Gasteiger partial charge in [-0.05, 0) is 63.3 Å². The zero-order valence-corrected chi connectivity index (χ0v) is 16.9. The Kier molecular flexibility index (Phi) is 6.50.